The van der Waals surface area contributed by atoms with Crippen LogP contribution in [0.3, 0.4) is 0 Å². The fourth-order valence-corrected chi connectivity index (χ4v) is 0.764. The first-order valence-electron chi connectivity index (χ1n) is 2.63. The van der Waals surface area contributed by atoms with Gasteiger partial charge < -0.3 is 0 Å². The Hall–Kier alpha value is -0.830. The summed E-state index contributed by atoms with van der Waals surface area (Å²) < 4.78 is 12.7. The fraction of sp³-hybridized carbons (Fsp3) is 0. The molecule has 0 atom stereocenters. The van der Waals surface area contributed by atoms with E-state index in [4.69, 9.17) is 11.6 Å². The lowest BCUT2D eigenvalue weighted by Gasteiger charge is -1.92. The van der Waals surface area contributed by atoms with Gasteiger partial charge >= 0.3 is 0 Å². The van der Waals surface area contributed by atoms with E-state index in [2.05, 4.69) is 22.2 Å². The fourth-order valence-electron chi connectivity index (χ4n) is 0.533. The Morgan fingerprint density at radius 2 is 2.45 bits per heavy atom. The minimum atomic E-state index is -0.602. The van der Waals surface area contributed by atoms with Crippen molar-refractivity contribution in [2.75, 3.05) is 0 Å². The van der Waals surface area contributed by atoms with Crippen LogP contribution in [0.25, 0.3) is 0 Å². The second-order valence-corrected chi connectivity index (χ2v) is 2.28. The molecule has 1 aromatic rings. The van der Waals surface area contributed by atoms with Crippen LogP contribution in [0.4, 0.5) is 10.2 Å². The Kier molecular flexibility index (Phi) is 2.65. The van der Waals surface area contributed by atoms with Crippen molar-refractivity contribution in [3.8, 4) is 0 Å². The van der Waals surface area contributed by atoms with E-state index in [1.807, 2.05) is 5.16 Å². The minimum absolute atomic E-state index is 0.0931. The third-order valence-electron chi connectivity index (χ3n) is 0.940. The van der Waals surface area contributed by atoms with Gasteiger partial charge in [-0.05, 0) is 18.3 Å². The van der Waals surface area contributed by atoms with Crippen LogP contribution in [-0.4, -0.2) is 10.1 Å². The van der Waals surface area contributed by atoms with Gasteiger partial charge in [0.1, 0.15) is 0 Å². The highest BCUT2D eigenvalue weighted by molar-refractivity contribution is 7.78. The summed E-state index contributed by atoms with van der Waals surface area (Å²) in [4.78, 5) is 6.93. The molecule has 1 aromatic heterocycles. The van der Waals surface area contributed by atoms with Crippen molar-refractivity contribution in [3.63, 3.8) is 0 Å². The number of halogens is 2. The molecule has 0 saturated heterocycles. The van der Waals surface area contributed by atoms with Gasteiger partial charge in [-0.1, -0.05) is 11.6 Å². The number of isothiocyanates is 1. The Morgan fingerprint density at radius 3 is 3.00 bits per heavy atom. The van der Waals surface area contributed by atoms with Crippen molar-refractivity contribution in [2.45, 2.75) is 0 Å². The van der Waals surface area contributed by atoms with Gasteiger partial charge in [-0.2, -0.15) is 4.99 Å². The van der Waals surface area contributed by atoms with Crippen molar-refractivity contribution in [1.29, 1.82) is 0 Å². The standard InChI is InChI=1S/C6H2ClFN2S/c7-4-1-5(8)6(9-2-4)10-3-11/h1-2H. The Labute approximate surface area is 72.7 Å². The van der Waals surface area contributed by atoms with Gasteiger partial charge in [-0.15, -0.1) is 0 Å². The summed E-state index contributed by atoms with van der Waals surface area (Å²) in [6.07, 6.45) is 1.29. The first kappa shape index (κ1) is 8.27. The van der Waals surface area contributed by atoms with E-state index in [1.54, 1.807) is 0 Å². The molecular weight excluding hydrogens is 187 g/mol. The maximum atomic E-state index is 12.7. The summed E-state index contributed by atoms with van der Waals surface area (Å²) >= 11 is 9.70. The lowest BCUT2D eigenvalue weighted by Crippen LogP contribution is -1.79. The molecule has 0 spiro atoms. The number of pyridine rings is 1. The summed E-state index contributed by atoms with van der Waals surface area (Å²) in [5.41, 5.74) is 0. The Morgan fingerprint density at radius 1 is 1.73 bits per heavy atom. The van der Waals surface area contributed by atoms with Crippen LogP contribution < -0.4 is 0 Å². The molecule has 0 unspecified atom stereocenters. The highest BCUT2D eigenvalue weighted by Gasteiger charge is 2.00. The lowest BCUT2D eigenvalue weighted by atomic mass is 10.4. The lowest BCUT2D eigenvalue weighted by molar-refractivity contribution is 0.624. The zero-order valence-corrected chi connectivity index (χ0v) is 6.79. The molecule has 0 N–H and O–H groups in total. The molecule has 0 fully saturated rings. The van der Waals surface area contributed by atoms with Crippen LogP contribution in [0.1, 0.15) is 0 Å². The topological polar surface area (TPSA) is 25.2 Å². The molecule has 1 heterocycles. The molecule has 1 rings (SSSR count). The molecule has 11 heavy (non-hydrogen) atoms. The third-order valence-corrected chi connectivity index (χ3v) is 1.24. The number of hydrogen-bond acceptors (Lipinski definition) is 3. The molecule has 2 nitrogen and oxygen atoms in total. The summed E-state index contributed by atoms with van der Waals surface area (Å²) in [6, 6.07) is 1.11. The van der Waals surface area contributed by atoms with E-state index in [-0.39, 0.29) is 10.8 Å². The van der Waals surface area contributed by atoms with E-state index in [9.17, 15) is 4.39 Å². The third kappa shape index (κ3) is 2.05. The number of aliphatic imine (C=N–C) groups is 1. The van der Waals surface area contributed by atoms with Crippen LogP contribution in [0, 0.1) is 5.82 Å². The molecule has 0 aliphatic rings. The maximum absolute atomic E-state index is 12.7. The number of rotatable bonds is 1. The molecular formula is C6H2ClFN2S. The van der Waals surface area contributed by atoms with Crippen molar-refractivity contribution in [3.05, 3.63) is 23.1 Å². The maximum Gasteiger partial charge on any atom is 0.198 e. The van der Waals surface area contributed by atoms with Crippen molar-refractivity contribution >= 4 is 34.8 Å². The monoisotopic (exact) mass is 188 g/mol. The minimum Gasteiger partial charge on any atom is -0.232 e. The van der Waals surface area contributed by atoms with Crippen LogP contribution in [0.5, 0.6) is 0 Å². The first-order valence-corrected chi connectivity index (χ1v) is 3.41. The van der Waals surface area contributed by atoms with Crippen molar-refractivity contribution < 1.29 is 4.39 Å². The van der Waals surface area contributed by atoms with Gasteiger partial charge in [0.25, 0.3) is 0 Å². The van der Waals surface area contributed by atoms with Gasteiger partial charge in [0.05, 0.1) is 10.2 Å². The highest BCUT2D eigenvalue weighted by atomic mass is 35.5. The predicted molar refractivity (Wildman–Crippen MR) is 43.9 cm³/mol. The Bertz CT molecular complexity index is 322. The molecule has 0 aliphatic heterocycles. The zero-order valence-electron chi connectivity index (χ0n) is 5.21. The van der Waals surface area contributed by atoms with Gasteiger partial charge in [0, 0.05) is 6.20 Å². The van der Waals surface area contributed by atoms with Gasteiger partial charge in [-0.25, -0.2) is 9.37 Å². The molecule has 0 saturated carbocycles. The van der Waals surface area contributed by atoms with Crippen LogP contribution in [0.15, 0.2) is 17.3 Å². The zero-order chi connectivity index (χ0) is 8.27. The summed E-state index contributed by atoms with van der Waals surface area (Å²) in [7, 11) is 0. The molecule has 56 valence electrons. The SMILES string of the molecule is Fc1cc(Cl)cnc1N=C=S. The average molecular weight is 189 g/mol. The molecule has 0 amide bonds. The largest absolute Gasteiger partial charge is 0.232 e. The number of hydrogen-bond donors (Lipinski definition) is 0. The van der Waals surface area contributed by atoms with E-state index in [0.29, 0.717) is 0 Å². The smallest absolute Gasteiger partial charge is 0.198 e. The first-order chi connectivity index (χ1) is 5.24. The Balaban J connectivity index is 3.19. The number of thiocarbonyl (C=S) groups is 1. The van der Waals surface area contributed by atoms with Gasteiger partial charge in [-0.3, -0.25) is 0 Å². The van der Waals surface area contributed by atoms with Gasteiger partial charge in [0.15, 0.2) is 11.6 Å². The van der Waals surface area contributed by atoms with Gasteiger partial charge in [0.2, 0.25) is 0 Å². The highest BCUT2D eigenvalue weighted by Crippen LogP contribution is 2.16. The molecule has 0 radical (unpaired) electrons. The quantitative estimate of drug-likeness (QED) is 0.500. The van der Waals surface area contributed by atoms with Crippen LogP contribution in [0.2, 0.25) is 5.02 Å². The van der Waals surface area contributed by atoms with E-state index in [1.165, 1.54) is 6.20 Å². The molecule has 5 heteroatoms. The number of aromatic nitrogens is 1. The van der Waals surface area contributed by atoms with E-state index in [0.717, 1.165) is 6.07 Å². The second-order valence-electron chi connectivity index (χ2n) is 1.66. The second kappa shape index (κ2) is 3.53. The van der Waals surface area contributed by atoms with Crippen molar-refractivity contribution in [2.24, 2.45) is 4.99 Å². The summed E-state index contributed by atoms with van der Waals surface area (Å²) in [5, 5.41) is 2.23. The predicted octanol–water partition coefficient (Wildman–Crippen LogP) is 2.61. The summed E-state index contributed by atoms with van der Waals surface area (Å²) in [6.45, 7) is 0. The van der Waals surface area contributed by atoms with Crippen LogP contribution >= 0.6 is 23.8 Å². The molecule has 0 aromatic carbocycles. The van der Waals surface area contributed by atoms with E-state index >= 15 is 0 Å². The summed E-state index contributed by atoms with van der Waals surface area (Å²) in [5.74, 6) is -0.695. The van der Waals surface area contributed by atoms with Crippen molar-refractivity contribution in [1.82, 2.24) is 4.98 Å². The normalized spacial score (nSPS) is 8.91. The van der Waals surface area contributed by atoms with E-state index < -0.39 is 5.82 Å². The molecule has 0 bridgehead atoms. The number of nitrogens with zero attached hydrogens (tertiary/aromatic N) is 2. The average Bonchev–Trinajstić information content (AvgIpc) is 1.95. The molecule has 0 aliphatic carbocycles. The van der Waals surface area contributed by atoms with Crippen LogP contribution in [-0.2, 0) is 0 Å².